The molecule has 1 aliphatic heterocycles. The Morgan fingerprint density at radius 3 is 2.33 bits per heavy atom. The highest BCUT2D eigenvalue weighted by Gasteiger charge is 2.50. The molecule has 2 aliphatic rings. The lowest BCUT2D eigenvalue weighted by Crippen LogP contribution is -2.48. The smallest absolute Gasteiger partial charge is 0.396 e. The highest BCUT2D eigenvalue weighted by Crippen LogP contribution is 2.40. The molecule has 3 heterocycles. The van der Waals surface area contributed by atoms with Gasteiger partial charge in [-0.3, -0.25) is 23.9 Å². The van der Waals surface area contributed by atoms with Crippen LogP contribution in [-0.2, 0) is 4.79 Å². The van der Waals surface area contributed by atoms with Gasteiger partial charge in [-0.25, -0.2) is 18.2 Å². The third kappa shape index (κ3) is 4.84. The van der Waals surface area contributed by atoms with Crippen molar-refractivity contribution >= 4 is 28.7 Å². The van der Waals surface area contributed by atoms with E-state index in [1.165, 1.54) is 11.0 Å². The number of aliphatic hydroxyl groups excluding tert-OH is 1. The van der Waals surface area contributed by atoms with E-state index in [1.807, 2.05) is 5.32 Å². The molecule has 1 unspecified atom stereocenters. The number of pyridine rings is 2. The zero-order valence-corrected chi connectivity index (χ0v) is 19.9. The normalized spacial score (nSPS) is 18.6. The summed E-state index contributed by atoms with van der Waals surface area (Å²) in [5.74, 6) is -7.66. The molecule has 2 aromatic heterocycles. The fraction of sp³-hybridized carbons (Fsp3) is 0.360. The third-order valence-electron chi connectivity index (χ3n) is 6.85. The first-order valence-electron chi connectivity index (χ1n) is 11.9. The molecule has 1 aliphatic carbocycles. The predicted octanol–water partition coefficient (Wildman–Crippen LogP) is 3.22. The maximum Gasteiger partial charge on any atom is 0.408 e. The summed E-state index contributed by atoms with van der Waals surface area (Å²) in [6.07, 6.45) is -3.43. The number of rotatable bonds is 6. The van der Waals surface area contributed by atoms with Gasteiger partial charge in [-0.1, -0.05) is 0 Å². The van der Waals surface area contributed by atoms with Crippen molar-refractivity contribution in [1.29, 1.82) is 0 Å². The van der Waals surface area contributed by atoms with Crippen LogP contribution in [0.3, 0.4) is 0 Å². The van der Waals surface area contributed by atoms with Crippen LogP contribution in [0.15, 0.2) is 35.3 Å². The summed E-state index contributed by atoms with van der Waals surface area (Å²) in [4.78, 5) is 44.1. The minimum Gasteiger partial charge on any atom is -0.396 e. The number of halogens is 6. The zero-order valence-electron chi connectivity index (χ0n) is 19.9. The second kappa shape index (κ2) is 9.67. The molecule has 2 N–H and O–H groups in total. The van der Waals surface area contributed by atoms with Crippen LogP contribution in [0.5, 0.6) is 0 Å². The van der Waals surface area contributed by atoms with Gasteiger partial charge in [0.05, 0.1) is 17.9 Å². The Hall–Kier alpha value is -3.94. The van der Waals surface area contributed by atoms with E-state index in [-0.39, 0.29) is 25.2 Å². The largest absolute Gasteiger partial charge is 0.408 e. The van der Waals surface area contributed by atoms with Crippen LogP contribution < -0.4 is 15.6 Å². The third-order valence-corrected chi connectivity index (χ3v) is 6.85. The van der Waals surface area contributed by atoms with Crippen LogP contribution in [0.1, 0.15) is 29.6 Å². The molecular formula is C25H20F6N4O4. The maximum atomic E-state index is 14.9. The maximum absolute atomic E-state index is 14.9. The van der Waals surface area contributed by atoms with E-state index in [1.54, 1.807) is 0 Å². The molecular weight excluding hydrogens is 534 g/mol. The zero-order chi connectivity index (χ0) is 28.2. The molecule has 206 valence electrons. The van der Waals surface area contributed by atoms with Gasteiger partial charge in [-0.15, -0.1) is 0 Å². The molecule has 3 aromatic rings. The van der Waals surface area contributed by atoms with Gasteiger partial charge in [0.2, 0.25) is 11.3 Å². The molecule has 0 radical (unpaired) electrons. The van der Waals surface area contributed by atoms with E-state index < -0.39 is 87.6 Å². The molecule has 1 saturated carbocycles. The van der Waals surface area contributed by atoms with Gasteiger partial charge in [-0.2, -0.15) is 13.2 Å². The van der Waals surface area contributed by atoms with Crippen molar-refractivity contribution in [3.63, 3.8) is 0 Å². The first-order chi connectivity index (χ1) is 18.4. The Morgan fingerprint density at radius 1 is 1.10 bits per heavy atom. The number of carbonyl (C=O) groups excluding carboxylic acids is 2. The molecule has 1 aromatic carbocycles. The monoisotopic (exact) mass is 554 g/mol. The summed E-state index contributed by atoms with van der Waals surface area (Å²) < 4.78 is 84.5. The number of aliphatic hydroxyl groups is 1. The van der Waals surface area contributed by atoms with Crippen molar-refractivity contribution in [1.82, 2.24) is 14.9 Å². The van der Waals surface area contributed by atoms with Gasteiger partial charge in [-0.05, 0) is 37.3 Å². The molecule has 2 atom stereocenters. The number of carbonyl (C=O) groups is 2. The second-order valence-corrected chi connectivity index (χ2v) is 9.49. The van der Waals surface area contributed by atoms with Crippen LogP contribution >= 0.6 is 0 Å². The van der Waals surface area contributed by atoms with E-state index in [2.05, 4.69) is 4.98 Å². The Bertz CT molecular complexity index is 1530. The molecule has 2 fully saturated rings. The van der Waals surface area contributed by atoms with Gasteiger partial charge in [0.1, 0.15) is 28.9 Å². The molecule has 1 saturated heterocycles. The SMILES string of the molecule is O=C(N[C@@H](C1CC1)C(F)(F)F)c1cn(-c2c(F)cc(F)cc2F)c2nc(N3CCC(CO)C3=O)ccc2c1=O. The number of alkyl halides is 3. The predicted molar refractivity (Wildman–Crippen MR) is 125 cm³/mol. The van der Waals surface area contributed by atoms with Gasteiger partial charge in [0.25, 0.3) is 5.91 Å². The van der Waals surface area contributed by atoms with Gasteiger partial charge < -0.3 is 10.4 Å². The van der Waals surface area contributed by atoms with Crippen molar-refractivity contribution in [2.24, 2.45) is 11.8 Å². The number of fused-ring (bicyclic) bond motifs is 1. The number of nitrogens with one attached hydrogen (secondary N) is 1. The van der Waals surface area contributed by atoms with E-state index >= 15 is 0 Å². The Kier molecular flexibility index (Phi) is 6.61. The van der Waals surface area contributed by atoms with Crippen LogP contribution in [0.2, 0.25) is 0 Å². The average molecular weight is 554 g/mol. The second-order valence-electron chi connectivity index (χ2n) is 9.49. The summed E-state index contributed by atoms with van der Waals surface area (Å²) in [7, 11) is 0. The minimum absolute atomic E-state index is 0.0393. The van der Waals surface area contributed by atoms with Crippen molar-refractivity contribution in [2.75, 3.05) is 18.1 Å². The number of hydrogen-bond acceptors (Lipinski definition) is 5. The summed E-state index contributed by atoms with van der Waals surface area (Å²) in [5, 5.41) is 10.8. The minimum atomic E-state index is -4.80. The van der Waals surface area contributed by atoms with Crippen LogP contribution in [-0.4, -0.2) is 51.8 Å². The topological polar surface area (TPSA) is 105 Å². The van der Waals surface area contributed by atoms with Crippen LogP contribution in [0, 0.1) is 29.3 Å². The van der Waals surface area contributed by atoms with Crippen molar-refractivity contribution < 1.29 is 41.0 Å². The lowest BCUT2D eigenvalue weighted by Gasteiger charge is -2.22. The molecule has 0 spiro atoms. The lowest BCUT2D eigenvalue weighted by atomic mass is 10.1. The molecule has 5 rings (SSSR count). The summed E-state index contributed by atoms with van der Waals surface area (Å²) in [5.41, 5.74) is -3.31. The quantitative estimate of drug-likeness (QED) is 0.456. The van der Waals surface area contributed by atoms with Gasteiger partial charge in [0.15, 0.2) is 17.3 Å². The summed E-state index contributed by atoms with van der Waals surface area (Å²) >= 11 is 0. The van der Waals surface area contributed by atoms with Crippen LogP contribution in [0.25, 0.3) is 16.7 Å². The summed E-state index contributed by atoms with van der Waals surface area (Å²) in [6.45, 7) is -0.273. The van der Waals surface area contributed by atoms with Crippen molar-refractivity contribution in [3.8, 4) is 5.69 Å². The van der Waals surface area contributed by atoms with Crippen molar-refractivity contribution in [3.05, 3.63) is 63.7 Å². The molecule has 14 heteroatoms. The summed E-state index contributed by atoms with van der Waals surface area (Å²) in [6, 6.07) is 0.805. The fourth-order valence-electron chi connectivity index (χ4n) is 4.69. The molecule has 0 bridgehead atoms. The number of aromatic nitrogens is 2. The van der Waals surface area contributed by atoms with E-state index in [9.17, 15) is 45.8 Å². The number of hydrogen-bond donors (Lipinski definition) is 2. The molecule has 8 nitrogen and oxygen atoms in total. The number of anilines is 1. The fourth-order valence-corrected chi connectivity index (χ4v) is 4.69. The van der Waals surface area contributed by atoms with Crippen molar-refractivity contribution in [2.45, 2.75) is 31.5 Å². The van der Waals surface area contributed by atoms with E-state index in [0.29, 0.717) is 29.3 Å². The first-order valence-corrected chi connectivity index (χ1v) is 11.9. The number of benzene rings is 1. The Labute approximate surface area is 215 Å². The number of amides is 2. The molecule has 39 heavy (non-hydrogen) atoms. The first kappa shape index (κ1) is 26.7. The Morgan fingerprint density at radius 2 is 1.77 bits per heavy atom. The van der Waals surface area contributed by atoms with Gasteiger partial charge in [0, 0.05) is 24.9 Å². The molecule has 2 amide bonds. The van der Waals surface area contributed by atoms with E-state index in [0.717, 1.165) is 6.07 Å². The standard InChI is InChI=1S/C25H20F6N4O4/c26-13-7-16(27)19(17(28)8-13)35-9-15(23(38)33-21(11-1-2-11)25(29,30)31)20(37)14-3-4-18(32-22(14)35)34-6-5-12(10-36)24(34)39/h3-4,7-9,11-12,21,36H,1-2,5-6,10H2,(H,33,38)/t12?,21-/m0/s1. The Balaban J connectivity index is 1.69. The highest BCUT2D eigenvalue weighted by molar-refractivity contribution is 5.99. The average Bonchev–Trinajstić information content (AvgIpc) is 3.63. The lowest BCUT2D eigenvalue weighted by molar-refractivity contribution is -0.158. The van der Waals surface area contributed by atoms with Crippen LogP contribution in [0.4, 0.5) is 32.2 Å². The van der Waals surface area contributed by atoms with E-state index in [4.69, 9.17) is 0 Å². The highest BCUT2D eigenvalue weighted by atomic mass is 19.4. The number of nitrogens with zero attached hydrogens (tertiary/aromatic N) is 3. The van der Waals surface area contributed by atoms with Gasteiger partial charge >= 0.3 is 6.18 Å².